The summed E-state index contributed by atoms with van der Waals surface area (Å²) >= 11 is 0. The molecule has 7 nitrogen and oxygen atoms in total. The Balaban J connectivity index is 1.48. The van der Waals surface area contributed by atoms with Crippen LogP contribution in [0.2, 0.25) is 0 Å². The smallest absolute Gasteiger partial charge is 0.307 e. The fourth-order valence-electron chi connectivity index (χ4n) is 3.20. The number of oxazole rings is 1. The van der Waals surface area contributed by atoms with Crippen molar-refractivity contribution in [3.8, 4) is 11.3 Å². The molecule has 7 heteroatoms. The van der Waals surface area contributed by atoms with Gasteiger partial charge >= 0.3 is 5.97 Å². The van der Waals surface area contributed by atoms with Gasteiger partial charge in [0.15, 0.2) is 17.8 Å². The van der Waals surface area contributed by atoms with Gasteiger partial charge in [-0.2, -0.15) is 0 Å². The van der Waals surface area contributed by atoms with E-state index in [0.29, 0.717) is 29.3 Å². The average Bonchev–Trinajstić information content (AvgIpc) is 3.27. The van der Waals surface area contributed by atoms with Gasteiger partial charge in [0.25, 0.3) is 0 Å². The van der Waals surface area contributed by atoms with Gasteiger partial charge in [0, 0.05) is 29.7 Å². The fraction of sp³-hybridized carbons (Fsp3) is 0.308. The Labute approximate surface area is 193 Å². The van der Waals surface area contributed by atoms with Gasteiger partial charge < -0.3 is 14.5 Å². The quantitative estimate of drug-likeness (QED) is 0.341. The zero-order chi connectivity index (χ0) is 23.8. The molecule has 1 atom stereocenters. The number of aromatic nitrogens is 1. The molecule has 0 bridgehead atoms. The molecular weight excluding hydrogens is 420 g/mol. The predicted molar refractivity (Wildman–Crippen MR) is 125 cm³/mol. The maximum Gasteiger partial charge on any atom is 0.307 e. The lowest BCUT2D eigenvalue weighted by Crippen LogP contribution is -2.24. The number of ketones is 1. The zero-order valence-corrected chi connectivity index (χ0v) is 19.1. The second kappa shape index (κ2) is 11.2. The zero-order valence-electron chi connectivity index (χ0n) is 19.1. The summed E-state index contributed by atoms with van der Waals surface area (Å²) in [5, 5.41) is 2.77. The minimum absolute atomic E-state index is 0.0495. The Hall–Kier alpha value is -3.74. The molecule has 1 N–H and O–H groups in total. The molecule has 2 aromatic carbocycles. The van der Waals surface area contributed by atoms with Crippen LogP contribution < -0.4 is 5.32 Å². The third-order valence-electron chi connectivity index (χ3n) is 5.04. The monoisotopic (exact) mass is 448 g/mol. The van der Waals surface area contributed by atoms with Crippen LogP contribution in [-0.2, 0) is 20.7 Å². The first-order valence-electron chi connectivity index (χ1n) is 11.0. The van der Waals surface area contributed by atoms with Gasteiger partial charge in [0.05, 0.1) is 12.6 Å². The Morgan fingerprint density at radius 1 is 1.03 bits per heavy atom. The van der Waals surface area contributed by atoms with Crippen molar-refractivity contribution in [2.45, 2.75) is 52.6 Å². The van der Waals surface area contributed by atoms with Crippen molar-refractivity contribution >= 4 is 23.3 Å². The molecule has 0 radical (unpaired) electrons. The number of rotatable bonds is 10. The molecule has 1 aromatic heterocycles. The van der Waals surface area contributed by atoms with Crippen LogP contribution >= 0.6 is 0 Å². The second-order valence-electron chi connectivity index (χ2n) is 7.86. The number of Topliss-reactive ketones (excluding diaryl/α,β-unsaturated/α-hetero) is 1. The summed E-state index contributed by atoms with van der Waals surface area (Å²) < 4.78 is 11.0. The first-order valence-corrected chi connectivity index (χ1v) is 11.0. The number of hydrogen-bond acceptors (Lipinski definition) is 6. The lowest BCUT2D eigenvalue weighted by Gasteiger charge is -2.12. The Kier molecular flexibility index (Phi) is 8.13. The van der Waals surface area contributed by atoms with Crippen LogP contribution in [0.4, 0.5) is 5.69 Å². The van der Waals surface area contributed by atoms with Gasteiger partial charge in [0.2, 0.25) is 11.7 Å². The normalized spacial score (nSPS) is 11.6. The van der Waals surface area contributed by atoms with Crippen LogP contribution in [-0.4, -0.2) is 28.7 Å². The lowest BCUT2D eigenvalue weighted by atomic mass is 10.1. The molecule has 33 heavy (non-hydrogen) atoms. The molecule has 0 aliphatic rings. The van der Waals surface area contributed by atoms with Crippen molar-refractivity contribution in [1.29, 1.82) is 0 Å². The number of benzene rings is 2. The maximum absolute atomic E-state index is 12.6. The summed E-state index contributed by atoms with van der Waals surface area (Å²) in [6.45, 7) is 5.48. The number of ether oxygens (including phenoxy) is 1. The number of anilines is 1. The summed E-state index contributed by atoms with van der Waals surface area (Å²) in [5.74, 6) is 0.177. The van der Waals surface area contributed by atoms with Crippen molar-refractivity contribution in [2.24, 2.45) is 0 Å². The predicted octanol–water partition coefficient (Wildman–Crippen LogP) is 5.14. The van der Waals surface area contributed by atoms with Gasteiger partial charge in [-0.15, -0.1) is 0 Å². The molecule has 0 aliphatic carbocycles. The van der Waals surface area contributed by atoms with Gasteiger partial charge in [0.1, 0.15) is 0 Å². The summed E-state index contributed by atoms with van der Waals surface area (Å²) in [4.78, 5) is 40.7. The molecule has 0 spiro atoms. The largest absolute Gasteiger partial charge is 0.454 e. The van der Waals surface area contributed by atoms with Crippen LogP contribution in [0.1, 0.15) is 54.9 Å². The van der Waals surface area contributed by atoms with Gasteiger partial charge in [-0.25, -0.2) is 4.98 Å². The molecule has 172 valence electrons. The van der Waals surface area contributed by atoms with Crippen LogP contribution in [0.25, 0.3) is 11.3 Å². The number of hydrogen-bond donors (Lipinski definition) is 1. The van der Waals surface area contributed by atoms with E-state index in [1.165, 1.54) is 6.92 Å². The number of aryl methyl sites for hydroxylation is 2. The highest BCUT2D eigenvalue weighted by Crippen LogP contribution is 2.21. The molecule has 0 saturated heterocycles. The minimum atomic E-state index is -0.925. The number of carbonyl (C=O) groups excluding carboxylic acids is 3. The highest BCUT2D eigenvalue weighted by atomic mass is 16.5. The lowest BCUT2D eigenvalue weighted by molar-refractivity contribution is -0.146. The van der Waals surface area contributed by atoms with Crippen molar-refractivity contribution in [3.63, 3.8) is 0 Å². The number of carbonyl (C=O) groups is 3. The van der Waals surface area contributed by atoms with E-state index in [-0.39, 0.29) is 24.5 Å². The number of nitrogens with zero attached hydrogens (tertiary/aromatic N) is 1. The van der Waals surface area contributed by atoms with E-state index in [0.717, 1.165) is 17.5 Å². The van der Waals surface area contributed by atoms with E-state index in [9.17, 15) is 14.4 Å². The molecule has 0 fully saturated rings. The first-order chi connectivity index (χ1) is 15.9. The second-order valence-corrected chi connectivity index (χ2v) is 7.86. The van der Waals surface area contributed by atoms with E-state index in [2.05, 4.69) is 10.3 Å². The third kappa shape index (κ3) is 6.87. The van der Waals surface area contributed by atoms with Gasteiger partial charge in [-0.1, -0.05) is 36.8 Å². The molecule has 3 aromatic rings. The van der Waals surface area contributed by atoms with Crippen molar-refractivity contribution in [3.05, 3.63) is 71.7 Å². The van der Waals surface area contributed by atoms with Crippen molar-refractivity contribution < 1.29 is 23.5 Å². The third-order valence-corrected chi connectivity index (χ3v) is 5.04. The van der Waals surface area contributed by atoms with E-state index in [4.69, 9.17) is 9.15 Å². The molecule has 0 unspecified atom stereocenters. The summed E-state index contributed by atoms with van der Waals surface area (Å²) in [6, 6.07) is 14.4. The van der Waals surface area contributed by atoms with E-state index < -0.39 is 12.1 Å². The fourth-order valence-corrected chi connectivity index (χ4v) is 3.20. The van der Waals surface area contributed by atoms with Crippen molar-refractivity contribution in [1.82, 2.24) is 4.98 Å². The summed E-state index contributed by atoms with van der Waals surface area (Å²) in [7, 11) is 0. The first kappa shape index (κ1) is 23.9. The summed E-state index contributed by atoms with van der Waals surface area (Å²) in [5.41, 5.74) is 3.08. The summed E-state index contributed by atoms with van der Waals surface area (Å²) in [6.07, 6.45) is 2.23. The van der Waals surface area contributed by atoms with Gasteiger partial charge in [-0.3, -0.25) is 14.4 Å². The van der Waals surface area contributed by atoms with Crippen molar-refractivity contribution in [2.75, 3.05) is 5.32 Å². The van der Waals surface area contributed by atoms with E-state index in [1.54, 1.807) is 30.5 Å². The standard InChI is InChI=1S/C26H28N2O5/c1-4-5-23(29)28-21-12-10-20(11-13-21)26(31)18(3)32-25(30)15-14-24-27-16-22(33-24)19-8-6-17(2)7-9-19/h6-13,16,18H,4-5,14-15H2,1-3H3,(H,28,29)/t18-/m1/s1. The van der Waals surface area contributed by atoms with Crippen LogP contribution in [0.15, 0.2) is 59.1 Å². The Bertz CT molecular complexity index is 1100. The SMILES string of the molecule is CCCC(=O)Nc1ccc(C(=O)[C@@H](C)OC(=O)CCc2ncc(-c3ccc(C)cc3)o2)cc1. The van der Waals surface area contributed by atoms with Crippen LogP contribution in [0.3, 0.4) is 0 Å². The minimum Gasteiger partial charge on any atom is -0.454 e. The molecule has 0 aliphatic heterocycles. The maximum atomic E-state index is 12.6. The molecule has 1 amide bonds. The molecule has 0 saturated carbocycles. The molecular formula is C26H28N2O5. The number of amides is 1. The molecule has 3 rings (SSSR count). The molecule has 1 heterocycles. The number of nitrogens with one attached hydrogen (secondary N) is 1. The average molecular weight is 449 g/mol. The topological polar surface area (TPSA) is 98.5 Å². The van der Waals surface area contributed by atoms with E-state index >= 15 is 0 Å². The number of esters is 1. The van der Waals surface area contributed by atoms with Gasteiger partial charge in [-0.05, 0) is 44.5 Å². The van der Waals surface area contributed by atoms with Crippen LogP contribution in [0.5, 0.6) is 0 Å². The highest BCUT2D eigenvalue weighted by Gasteiger charge is 2.20. The Morgan fingerprint density at radius 3 is 2.39 bits per heavy atom. The van der Waals surface area contributed by atoms with E-state index in [1.807, 2.05) is 38.1 Å². The highest BCUT2D eigenvalue weighted by molar-refractivity contribution is 6.00. The Morgan fingerprint density at radius 2 is 1.73 bits per heavy atom. The van der Waals surface area contributed by atoms with Crippen LogP contribution in [0, 0.1) is 6.92 Å².